The van der Waals surface area contributed by atoms with Gasteiger partial charge in [-0.2, -0.15) is 0 Å². The maximum absolute atomic E-state index is 13.0. The van der Waals surface area contributed by atoms with Crippen LogP contribution in [0.2, 0.25) is 5.15 Å². The largest absolute Gasteiger partial charge is 0.298 e. The number of nitrogens with zero attached hydrogens (tertiary/aromatic N) is 3. The molecule has 0 spiro atoms. The summed E-state index contributed by atoms with van der Waals surface area (Å²) in [6, 6.07) is 6.32. The zero-order valence-electron chi connectivity index (χ0n) is 13.7. The lowest BCUT2D eigenvalue weighted by Gasteiger charge is -1.98. The summed E-state index contributed by atoms with van der Waals surface area (Å²) < 4.78 is 14.8. The maximum atomic E-state index is 13.0. The number of hydrogen-bond acceptors (Lipinski definition) is 5. The van der Waals surface area contributed by atoms with Crippen molar-refractivity contribution in [3.63, 3.8) is 0 Å². The number of amides is 1. The molecule has 9 heteroatoms. The molecule has 0 aliphatic carbocycles. The van der Waals surface area contributed by atoms with Crippen LogP contribution >= 0.6 is 34.3 Å². The number of anilines is 1. The Morgan fingerprint density at radius 1 is 1.33 bits per heavy atom. The number of halogens is 2. The van der Waals surface area contributed by atoms with Crippen molar-refractivity contribution in [2.24, 2.45) is 0 Å². The molecular formula is C18H12ClFN4OS2. The Morgan fingerprint density at radius 2 is 2.15 bits per heavy atom. The molecule has 1 amide bonds. The molecule has 3 heterocycles. The van der Waals surface area contributed by atoms with E-state index in [2.05, 4.69) is 15.3 Å². The summed E-state index contributed by atoms with van der Waals surface area (Å²) in [4.78, 5) is 22.3. The van der Waals surface area contributed by atoms with Gasteiger partial charge in [-0.1, -0.05) is 23.7 Å². The number of hydrogen-bond donors (Lipinski definition) is 1. The standard InChI is InChI=1S/C18H12ClFN4OS2/c19-16-14(24-7-8-26-18(24)23-16)5-6-15(25)22-17-21-10-13(27-17)9-11-1-3-12(20)4-2-11/h1-8,10H,9H2,(H,21,22,25)/b6-5+. The summed E-state index contributed by atoms with van der Waals surface area (Å²) >= 11 is 8.95. The number of carbonyl (C=O) groups is 1. The number of nitrogens with one attached hydrogen (secondary N) is 1. The molecule has 3 aromatic heterocycles. The summed E-state index contributed by atoms with van der Waals surface area (Å²) in [5.41, 5.74) is 1.63. The molecule has 4 rings (SSSR count). The highest BCUT2D eigenvalue weighted by molar-refractivity contribution is 7.15. The van der Waals surface area contributed by atoms with Gasteiger partial charge >= 0.3 is 0 Å². The van der Waals surface area contributed by atoms with Crippen LogP contribution in [0, 0.1) is 5.82 Å². The molecule has 1 N–H and O–H groups in total. The van der Waals surface area contributed by atoms with Crippen LogP contribution in [0.3, 0.4) is 0 Å². The van der Waals surface area contributed by atoms with Gasteiger partial charge in [0.15, 0.2) is 15.2 Å². The van der Waals surface area contributed by atoms with Crippen molar-refractivity contribution in [2.75, 3.05) is 5.32 Å². The van der Waals surface area contributed by atoms with E-state index in [4.69, 9.17) is 11.6 Å². The lowest BCUT2D eigenvalue weighted by molar-refractivity contribution is -0.111. The molecule has 0 unspecified atom stereocenters. The van der Waals surface area contributed by atoms with Gasteiger partial charge in [0.1, 0.15) is 5.82 Å². The number of rotatable bonds is 5. The van der Waals surface area contributed by atoms with Gasteiger partial charge in [-0.3, -0.25) is 14.5 Å². The van der Waals surface area contributed by atoms with Gasteiger partial charge in [-0.15, -0.1) is 22.7 Å². The quantitative estimate of drug-likeness (QED) is 0.469. The molecule has 27 heavy (non-hydrogen) atoms. The van der Waals surface area contributed by atoms with Crippen molar-refractivity contribution in [3.8, 4) is 0 Å². The number of imidazole rings is 1. The Hall–Kier alpha value is -2.55. The molecule has 0 bridgehead atoms. The van der Waals surface area contributed by atoms with Crippen LogP contribution in [0.5, 0.6) is 0 Å². The number of benzene rings is 1. The van der Waals surface area contributed by atoms with Crippen LogP contribution < -0.4 is 5.32 Å². The fraction of sp³-hybridized carbons (Fsp3) is 0.0556. The predicted octanol–water partition coefficient (Wildman–Crippen LogP) is 4.89. The molecule has 0 atom stereocenters. The fourth-order valence-electron chi connectivity index (χ4n) is 2.48. The van der Waals surface area contributed by atoms with Crippen molar-refractivity contribution < 1.29 is 9.18 Å². The smallest absolute Gasteiger partial charge is 0.250 e. The van der Waals surface area contributed by atoms with E-state index in [1.54, 1.807) is 24.4 Å². The minimum atomic E-state index is -0.307. The van der Waals surface area contributed by atoms with E-state index < -0.39 is 0 Å². The summed E-state index contributed by atoms with van der Waals surface area (Å²) in [7, 11) is 0. The first kappa shape index (κ1) is 17.8. The molecule has 0 saturated carbocycles. The van der Waals surface area contributed by atoms with E-state index in [0.29, 0.717) is 22.4 Å². The topological polar surface area (TPSA) is 59.3 Å². The van der Waals surface area contributed by atoms with E-state index in [1.807, 2.05) is 16.0 Å². The van der Waals surface area contributed by atoms with Gasteiger partial charge in [0.2, 0.25) is 5.91 Å². The Labute approximate surface area is 166 Å². The van der Waals surface area contributed by atoms with Crippen molar-refractivity contribution in [1.29, 1.82) is 0 Å². The molecule has 136 valence electrons. The van der Waals surface area contributed by atoms with Gasteiger partial charge in [-0.05, 0) is 23.8 Å². The number of thiazole rings is 2. The Kier molecular flexibility index (Phi) is 5.02. The summed E-state index contributed by atoms with van der Waals surface area (Å²) in [5.74, 6) is -0.570. The van der Waals surface area contributed by atoms with Crippen LogP contribution in [0.4, 0.5) is 9.52 Å². The third kappa shape index (κ3) is 4.08. The Morgan fingerprint density at radius 3 is 2.96 bits per heavy atom. The minimum Gasteiger partial charge on any atom is -0.298 e. The minimum absolute atomic E-state index is 0.263. The monoisotopic (exact) mass is 418 g/mol. The van der Waals surface area contributed by atoms with Crippen molar-refractivity contribution in [3.05, 3.63) is 75.2 Å². The third-order valence-electron chi connectivity index (χ3n) is 3.72. The second-order valence-corrected chi connectivity index (χ2v) is 7.95. The first-order valence-electron chi connectivity index (χ1n) is 7.88. The molecule has 0 aliphatic rings. The molecule has 1 aromatic carbocycles. The van der Waals surface area contributed by atoms with Crippen molar-refractivity contribution >= 4 is 56.4 Å². The molecule has 0 saturated heterocycles. The Bertz CT molecular complexity index is 1130. The van der Waals surface area contributed by atoms with Gasteiger partial charge in [0.05, 0.1) is 5.69 Å². The molecule has 4 aromatic rings. The molecule has 0 fully saturated rings. The summed E-state index contributed by atoms with van der Waals surface area (Å²) in [5, 5.41) is 5.48. The van der Waals surface area contributed by atoms with Crippen molar-refractivity contribution in [2.45, 2.75) is 6.42 Å². The number of aromatic nitrogens is 3. The molecule has 0 aliphatic heterocycles. The van der Waals surface area contributed by atoms with Crippen molar-refractivity contribution in [1.82, 2.24) is 14.4 Å². The van der Waals surface area contributed by atoms with Gasteiger partial charge in [0.25, 0.3) is 0 Å². The SMILES string of the molecule is O=C(/C=C/c1c(Cl)nc2sccn12)Nc1ncc(Cc2ccc(F)cc2)s1. The van der Waals surface area contributed by atoms with Crippen LogP contribution in [0.25, 0.3) is 11.0 Å². The first-order valence-corrected chi connectivity index (χ1v) is 9.95. The summed E-state index contributed by atoms with van der Waals surface area (Å²) in [6.07, 6.45) is 7.20. The Balaban J connectivity index is 1.41. The zero-order chi connectivity index (χ0) is 18.8. The van der Waals surface area contributed by atoms with Crippen LogP contribution in [0.15, 0.2) is 48.1 Å². The van der Waals surface area contributed by atoms with Crippen LogP contribution in [0.1, 0.15) is 16.1 Å². The molecule has 0 radical (unpaired) electrons. The number of carbonyl (C=O) groups excluding carboxylic acids is 1. The zero-order valence-corrected chi connectivity index (χ0v) is 16.1. The van der Waals surface area contributed by atoms with Crippen LogP contribution in [-0.4, -0.2) is 20.3 Å². The lowest BCUT2D eigenvalue weighted by atomic mass is 10.1. The lowest BCUT2D eigenvalue weighted by Crippen LogP contribution is -2.07. The van der Waals surface area contributed by atoms with Gasteiger partial charge in [0, 0.05) is 35.1 Å². The van der Waals surface area contributed by atoms with Gasteiger partial charge in [-0.25, -0.2) is 14.4 Å². The van der Waals surface area contributed by atoms with Gasteiger partial charge < -0.3 is 0 Å². The average Bonchev–Trinajstić information content (AvgIpc) is 3.33. The molecular weight excluding hydrogens is 407 g/mol. The average molecular weight is 419 g/mol. The number of fused-ring (bicyclic) bond motifs is 1. The van der Waals surface area contributed by atoms with E-state index >= 15 is 0 Å². The summed E-state index contributed by atoms with van der Waals surface area (Å²) in [6.45, 7) is 0. The molecule has 5 nitrogen and oxygen atoms in total. The van der Waals surface area contributed by atoms with Crippen LogP contribution in [-0.2, 0) is 11.2 Å². The highest BCUT2D eigenvalue weighted by Crippen LogP contribution is 2.23. The fourth-order valence-corrected chi connectivity index (χ4v) is 4.33. The first-order chi connectivity index (χ1) is 13.1. The highest BCUT2D eigenvalue weighted by atomic mass is 35.5. The van der Waals surface area contributed by atoms with E-state index in [-0.39, 0.29) is 11.7 Å². The second-order valence-electron chi connectivity index (χ2n) is 5.60. The van der Waals surface area contributed by atoms with E-state index in [0.717, 1.165) is 15.4 Å². The normalized spacial score (nSPS) is 11.5. The van der Waals surface area contributed by atoms with E-state index in [1.165, 1.54) is 40.9 Å². The third-order valence-corrected chi connectivity index (χ3v) is 5.67. The van der Waals surface area contributed by atoms with E-state index in [9.17, 15) is 9.18 Å². The second kappa shape index (κ2) is 7.59. The highest BCUT2D eigenvalue weighted by Gasteiger charge is 2.10. The maximum Gasteiger partial charge on any atom is 0.250 e. The predicted molar refractivity (Wildman–Crippen MR) is 107 cm³/mol.